The molecule has 3 aromatic rings. The molecule has 0 spiro atoms. The van der Waals surface area contributed by atoms with Gasteiger partial charge >= 0.3 is 6.03 Å². The SMILES string of the molecule is O=C(Nc1cccc(-n2cncn2)c1)N1CCCCC1CCn1cccn1. The highest BCUT2D eigenvalue weighted by molar-refractivity contribution is 5.89. The van der Waals surface area contributed by atoms with Crippen LogP contribution in [0.5, 0.6) is 0 Å². The number of aryl methyl sites for hydroxylation is 1. The number of carbonyl (C=O) groups excluding carboxylic acids is 1. The Balaban J connectivity index is 1.42. The van der Waals surface area contributed by atoms with Crippen LogP contribution < -0.4 is 5.32 Å². The minimum atomic E-state index is -0.0455. The van der Waals surface area contributed by atoms with Crippen molar-refractivity contribution in [2.24, 2.45) is 0 Å². The van der Waals surface area contributed by atoms with E-state index in [1.807, 2.05) is 46.1 Å². The smallest absolute Gasteiger partial charge is 0.321 e. The number of hydrogen-bond acceptors (Lipinski definition) is 4. The number of nitrogens with one attached hydrogen (secondary N) is 1. The van der Waals surface area contributed by atoms with Crippen LogP contribution in [0.4, 0.5) is 10.5 Å². The quantitative estimate of drug-likeness (QED) is 0.754. The van der Waals surface area contributed by atoms with E-state index in [1.165, 1.54) is 6.33 Å². The molecule has 2 amide bonds. The van der Waals surface area contributed by atoms with E-state index < -0.39 is 0 Å². The van der Waals surface area contributed by atoms with Gasteiger partial charge in [0.05, 0.1) is 5.69 Å². The molecule has 27 heavy (non-hydrogen) atoms. The van der Waals surface area contributed by atoms with Crippen molar-refractivity contribution < 1.29 is 4.79 Å². The Bertz CT molecular complexity index is 860. The number of benzene rings is 1. The predicted octanol–water partition coefficient (Wildman–Crippen LogP) is 2.94. The molecular weight excluding hydrogens is 342 g/mol. The number of hydrogen-bond donors (Lipinski definition) is 1. The molecule has 8 heteroatoms. The van der Waals surface area contributed by atoms with Gasteiger partial charge in [-0.3, -0.25) is 4.68 Å². The molecular formula is C19H23N7O. The van der Waals surface area contributed by atoms with Crippen LogP contribution in [0.25, 0.3) is 5.69 Å². The zero-order valence-corrected chi connectivity index (χ0v) is 15.1. The van der Waals surface area contributed by atoms with Gasteiger partial charge in [-0.15, -0.1) is 0 Å². The minimum absolute atomic E-state index is 0.0455. The number of aromatic nitrogens is 5. The molecule has 1 aromatic carbocycles. The van der Waals surface area contributed by atoms with Crippen molar-refractivity contribution in [2.75, 3.05) is 11.9 Å². The lowest BCUT2D eigenvalue weighted by Gasteiger charge is -2.35. The summed E-state index contributed by atoms with van der Waals surface area (Å²) in [5.41, 5.74) is 1.61. The van der Waals surface area contributed by atoms with Crippen LogP contribution in [0.1, 0.15) is 25.7 Å². The first-order chi connectivity index (χ1) is 13.3. The number of carbonyl (C=O) groups is 1. The van der Waals surface area contributed by atoms with Crippen molar-refractivity contribution in [3.05, 3.63) is 55.4 Å². The monoisotopic (exact) mass is 365 g/mol. The number of rotatable bonds is 5. The van der Waals surface area contributed by atoms with Crippen LogP contribution in [0.15, 0.2) is 55.4 Å². The van der Waals surface area contributed by atoms with Crippen molar-refractivity contribution in [2.45, 2.75) is 38.3 Å². The molecule has 4 rings (SSSR count). The Morgan fingerprint density at radius 2 is 2.19 bits per heavy atom. The molecule has 1 aliphatic rings. The lowest BCUT2D eigenvalue weighted by molar-refractivity contribution is 0.154. The van der Waals surface area contributed by atoms with Gasteiger partial charge in [0.15, 0.2) is 0 Å². The van der Waals surface area contributed by atoms with Crippen molar-refractivity contribution >= 4 is 11.7 Å². The van der Waals surface area contributed by atoms with Crippen molar-refractivity contribution in [3.63, 3.8) is 0 Å². The van der Waals surface area contributed by atoms with E-state index in [2.05, 4.69) is 20.5 Å². The van der Waals surface area contributed by atoms with E-state index in [1.54, 1.807) is 17.2 Å². The molecule has 2 aromatic heterocycles. The third-order valence-electron chi connectivity index (χ3n) is 4.92. The molecule has 1 saturated heterocycles. The molecule has 0 aliphatic carbocycles. The maximum atomic E-state index is 12.9. The average Bonchev–Trinajstić information content (AvgIpc) is 3.41. The number of piperidine rings is 1. The highest BCUT2D eigenvalue weighted by atomic mass is 16.2. The van der Waals surface area contributed by atoms with E-state index in [4.69, 9.17) is 0 Å². The van der Waals surface area contributed by atoms with Gasteiger partial charge in [0.2, 0.25) is 0 Å². The number of likely N-dealkylation sites (tertiary alicyclic amines) is 1. The van der Waals surface area contributed by atoms with E-state index >= 15 is 0 Å². The van der Waals surface area contributed by atoms with Crippen LogP contribution in [0, 0.1) is 0 Å². The third-order valence-corrected chi connectivity index (χ3v) is 4.92. The molecule has 3 heterocycles. The third kappa shape index (κ3) is 4.16. The Kier molecular flexibility index (Phi) is 5.13. The van der Waals surface area contributed by atoms with Crippen LogP contribution in [-0.2, 0) is 6.54 Å². The normalized spacial score (nSPS) is 17.0. The maximum absolute atomic E-state index is 12.9. The summed E-state index contributed by atoms with van der Waals surface area (Å²) in [7, 11) is 0. The average molecular weight is 365 g/mol. The second kappa shape index (κ2) is 8.03. The molecule has 1 aliphatic heterocycles. The summed E-state index contributed by atoms with van der Waals surface area (Å²) in [4.78, 5) is 18.8. The van der Waals surface area contributed by atoms with Crippen LogP contribution in [0.2, 0.25) is 0 Å². The second-order valence-electron chi connectivity index (χ2n) is 6.72. The van der Waals surface area contributed by atoms with Gasteiger partial charge in [-0.05, 0) is 49.9 Å². The fourth-order valence-electron chi connectivity index (χ4n) is 3.55. The van der Waals surface area contributed by atoms with Crippen LogP contribution in [-0.4, -0.2) is 48.1 Å². The van der Waals surface area contributed by atoms with Gasteiger partial charge in [0, 0.05) is 37.2 Å². The molecule has 140 valence electrons. The van der Waals surface area contributed by atoms with Gasteiger partial charge in [-0.1, -0.05) is 6.07 Å². The molecule has 1 N–H and O–H groups in total. The molecule has 0 bridgehead atoms. The molecule has 1 unspecified atom stereocenters. The zero-order chi connectivity index (χ0) is 18.5. The fraction of sp³-hybridized carbons (Fsp3) is 0.368. The van der Waals surface area contributed by atoms with E-state index in [-0.39, 0.29) is 12.1 Å². The number of anilines is 1. The summed E-state index contributed by atoms with van der Waals surface area (Å²) >= 11 is 0. The van der Waals surface area contributed by atoms with Gasteiger partial charge in [-0.2, -0.15) is 10.2 Å². The summed E-state index contributed by atoms with van der Waals surface area (Å²) < 4.78 is 3.59. The lowest BCUT2D eigenvalue weighted by Crippen LogP contribution is -2.46. The largest absolute Gasteiger partial charge is 0.322 e. The van der Waals surface area contributed by atoms with Crippen molar-refractivity contribution in [1.82, 2.24) is 29.4 Å². The lowest BCUT2D eigenvalue weighted by atomic mass is 10.00. The minimum Gasteiger partial charge on any atom is -0.321 e. The first-order valence-corrected chi connectivity index (χ1v) is 9.30. The topological polar surface area (TPSA) is 80.9 Å². The summed E-state index contributed by atoms with van der Waals surface area (Å²) in [5, 5.41) is 11.4. The fourth-order valence-corrected chi connectivity index (χ4v) is 3.55. The molecule has 8 nitrogen and oxygen atoms in total. The van der Waals surface area contributed by atoms with Gasteiger partial charge in [0.1, 0.15) is 12.7 Å². The molecule has 0 saturated carbocycles. The standard InChI is InChI=1S/C19H23N7O/c27-19(23-16-5-3-7-18(13-16)26-15-20-14-22-26)25-11-2-1-6-17(25)8-12-24-10-4-9-21-24/h3-5,7,9-10,13-15,17H,1-2,6,8,11-12H2,(H,23,27). The first kappa shape index (κ1) is 17.3. The highest BCUT2D eigenvalue weighted by Gasteiger charge is 2.26. The van der Waals surface area contributed by atoms with Crippen LogP contribution >= 0.6 is 0 Å². The second-order valence-corrected chi connectivity index (χ2v) is 6.72. The number of nitrogens with zero attached hydrogens (tertiary/aromatic N) is 6. The summed E-state index contributed by atoms with van der Waals surface area (Å²) in [6.45, 7) is 1.61. The first-order valence-electron chi connectivity index (χ1n) is 9.30. The van der Waals surface area contributed by atoms with Gasteiger partial charge in [0.25, 0.3) is 0 Å². The summed E-state index contributed by atoms with van der Waals surface area (Å²) in [6.07, 6.45) is 11.0. The molecule has 1 atom stereocenters. The maximum Gasteiger partial charge on any atom is 0.322 e. The van der Waals surface area contributed by atoms with Crippen molar-refractivity contribution in [1.29, 1.82) is 0 Å². The summed E-state index contributed by atoms with van der Waals surface area (Å²) in [5.74, 6) is 0. The van der Waals surface area contributed by atoms with Crippen LogP contribution in [0.3, 0.4) is 0 Å². The Labute approximate surface area is 157 Å². The Morgan fingerprint density at radius 3 is 3.00 bits per heavy atom. The van der Waals surface area contributed by atoms with Gasteiger partial charge < -0.3 is 10.2 Å². The van der Waals surface area contributed by atoms with E-state index in [0.29, 0.717) is 0 Å². The molecule has 0 radical (unpaired) electrons. The van der Waals surface area contributed by atoms with E-state index in [9.17, 15) is 4.79 Å². The van der Waals surface area contributed by atoms with Gasteiger partial charge in [-0.25, -0.2) is 14.5 Å². The number of urea groups is 1. The molecule has 1 fully saturated rings. The number of amides is 2. The van der Waals surface area contributed by atoms with Crippen molar-refractivity contribution in [3.8, 4) is 5.69 Å². The predicted molar refractivity (Wildman–Crippen MR) is 102 cm³/mol. The zero-order valence-electron chi connectivity index (χ0n) is 15.1. The Hall–Kier alpha value is -3.16. The van der Waals surface area contributed by atoms with E-state index in [0.717, 1.165) is 50.1 Å². The highest BCUT2D eigenvalue weighted by Crippen LogP contribution is 2.22. The summed E-state index contributed by atoms with van der Waals surface area (Å²) in [6, 6.07) is 9.73. The Morgan fingerprint density at radius 1 is 1.22 bits per heavy atom.